The average Bonchev–Trinajstić information content (AvgIpc) is 3.59. The van der Waals surface area contributed by atoms with E-state index in [9.17, 15) is 10.1 Å². The van der Waals surface area contributed by atoms with Crippen molar-refractivity contribution in [2.75, 3.05) is 23.9 Å². The van der Waals surface area contributed by atoms with Gasteiger partial charge in [-0.15, -0.1) is 22.7 Å². The summed E-state index contributed by atoms with van der Waals surface area (Å²) in [5, 5.41) is 15.1. The van der Waals surface area contributed by atoms with Crippen LogP contribution >= 0.6 is 22.7 Å². The number of carbonyl (C=O) groups excluding carboxylic acids is 1. The number of thiazole rings is 1. The minimum atomic E-state index is -0.436. The Kier molecular flexibility index (Phi) is 5.37. The van der Waals surface area contributed by atoms with Gasteiger partial charge < -0.3 is 20.6 Å². The topological polar surface area (TPSA) is 153 Å². The van der Waals surface area contributed by atoms with Crippen LogP contribution in [0.25, 0.3) is 32.8 Å². The van der Waals surface area contributed by atoms with E-state index in [4.69, 9.17) is 20.6 Å². The molecule has 0 aliphatic rings. The number of amides is 1. The molecule has 0 radical (unpaired) electrons. The van der Waals surface area contributed by atoms with Crippen molar-refractivity contribution in [3.05, 3.63) is 58.5 Å². The van der Waals surface area contributed by atoms with Crippen LogP contribution in [0.15, 0.2) is 52.5 Å². The van der Waals surface area contributed by atoms with Crippen LogP contribution in [0.5, 0.6) is 5.75 Å². The summed E-state index contributed by atoms with van der Waals surface area (Å²) in [6.07, 6.45) is 1.48. The number of hydrogen-bond acceptors (Lipinski definition) is 10. The van der Waals surface area contributed by atoms with E-state index in [2.05, 4.69) is 21.4 Å². The van der Waals surface area contributed by atoms with E-state index in [1.54, 1.807) is 19.2 Å². The molecule has 11 heteroatoms. The van der Waals surface area contributed by atoms with Gasteiger partial charge in [0.15, 0.2) is 5.13 Å². The van der Waals surface area contributed by atoms with Gasteiger partial charge in [-0.05, 0) is 24.3 Å². The molecule has 4 heterocycles. The Morgan fingerprint density at radius 3 is 2.82 bits per heavy atom. The predicted octanol–water partition coefficient (Wildman–Crippen LogP) is 4.98. The Morgan fingerprint density at radius 2 is 2.09 bits per heavy atom. The summed E-state index contributed by atoms with van der Waals surface area (Å²) < 4.78 is 10.8. The van der Waals surface area contributed by atoms with E-state index in [1.807, 2.05) is 29.6 Å². The Morgan fingerprint density at radius 1 is 1.24 bits per heavy atom. The van der Waals surface area contributed by atoms with E-state index >= 15 is 0 Å². The summed E-state index contributed by atoms with van der Waals surface area (Å²) in [7, 11) is 1.60. The number of nitrogens with one attached hydrogen (secondary N) is 1. The molecule has 0 fully saturated rings. The Labute approximate surface area is 201 Å². The molecule has 5 N–H and O–H groups in total. The molecule has 0 bridgehead atoms. The molecule has 0 aliphatic heterocycles. The largest absolute Gasteiger partial charge is 0.497 e. The van der Waals surface area contributed by atoms with Crippen molar-refractivity contribution in [2.24, 2.45) is 0 Å². The first-order valence-electron chi connectivity index (χ1n) is 9.87. The standard InChI is InChI=1S/C23H16N6O3S2/c1-31-12-5-2-4-11(8-12)14-10-33-23(27-14)29-21(30)19-18(25)17-16(15-6-3-7-32-15)13(9-24)20(26)28-22(17)34-19/h2-8,10H,25H2,1H3,(H2,26,28)(H,27,29,30). The van der Waals surface area contributed by atoms with Crippen molar-refractivity contribution in [1.29, 1.82) is 5.26 Å². The van der Waals surface area contributed by atoms with Gasteiger partial charge in [-0.3, -0.25) is 10.1 Å². The number of thiophene rings is 1. The molecule has 0 atom stereocenters. The van der Waals surface area contributed by atoms with E-state index in [0.29, 0.717) is 38.1 Å². The fourth-order valence-electron chi connectivity index (χ4n) is 3.52. The number of nitrogens with two attached hydrogens (primary N) is 2. The van der Waals surface area contributed by atoms with Gasteiger partial charge in [-0.1, -0.05) is 12.1 Å². The molecular weight excluding hydrogens is 472 g/mol. The highest BCUT2D eigenvalue weighted by Crippen LogP contribution is 2.43. The number of carbonyl (C=O) groups is 1. The highest BCUT2D eigenvalue weighted by molar-refractivity contribution is 7.21. The van der Waals surface area contributed by atoms with E-state index < -0.39 is 5.91 Å². The van der Waals surface area contributed by atoms with Gasteiger partial charge in [0.1, 0.15) is 38.7 Å². The molecule has 34 heavy (non-hydrogen) atoms. The van der Waals surface area contributed by atoms with Crippen LogP contribution in [0, 0.1) is 11.3 Å². The number of benzene rings is 1. The zero-order chi connectivity index (χ0) is 23.8. The Bertz CT molecular complexity index is 1580. The van der Waals surface area contributed by atoms with Crippen molar-refractivity contribution < 1.29 is 13.9 Å². The number of methoxy groups -OCH3 is 1. The summed E-state index contributed by atoms with van der Waals surface area (Å²) in [4.78, 5) is 22.6. The number of fused-ring (bicyclic) bond motifs is 1. The number of ether oxygens (including phenoxy) is 1. The number of nitriles is 1. The van der Waals surface area contributed by atoms with Crippen LogP contribution in [0.4, 0.5) is 16.6 Å². The zero-order valence-corrected chi connectivity index (χ0v) is 19.3. The molecule has 1 amide bonds. The van der Waals surface area contributed by atoms with Gasteiger partial charge in [-0.2, -0.15) is 5.26 Å². The summed E-state index contributed by atoms with van der Waals surface area (Å²) >= 11 is 2.37. The molecular formula is C23H16N6O3S2. The van der Waals surface area contributed by atoms with Gasteiger partial charge >= 0.3 is 0 Å². The number of anilines is 3. The SMILES string of the molecule is COc1cccc(-c2csc(NC(=O)c3sc4nc(N)c(C#N)c(-c5ccco5)c4c3N)n2)c1. The summed E-state index contributed by atoms with van der Waals surface area (Å²) in [6.45, 7) is 0. The number of rotatable bonds is 5. The Balaban J connectivity index is 1.52. The van der Waals surface area contributed by atoms with E-state index in [0.717, 1.165) is 16.9 Å². The van der Waals surface area contributed by atoms with Crippen LogP contribution in [-0.4, -0.2) is 23.0 Å². The molecule has 5 aromatic rings. The second-order valence-corrected chi connectivity index (χ2v) is 8.94. The second kappa shape index (κ2) is 8.51. The van der Waals surface area contributed by atoms with Gasteiger partial charge in [0.25, 0.3) is 5.91 Å². The van der Waals surface area contributed by atoms with Gasteiger partial charge in [-0.25, -0.2) is 9.97 Å². The average molecular weight is 489 g/mol. The van der Waals surface area contributed by atoms with Crippen molar-refractivity contribution in [1.82, 2.24) is 9.97 Å². The lowest BCUT2D eigenvalue weighted by Gasteiger charge is -2.06. The lowest BCUT2D eigenvalue weighted by atomic mass is 10.0. The number of nitrogens with zero attached hydrogens (tertiary/aromatic N) is 3. The maximum atomic E-state index is 13.1. The molecule has 4 aromatic heterocycles. The third kappa shape index (κ3) is 3.61. The van der Waals surface area contributed by atoms with Crippen LogP contribution in [-0.2, 0) is 0 Å². The van der Waals surface area contributed by atoms with Gasteiger partial charge in [0.2, 0.25) is 0 Å². The van der Waals surface area contributed by atoms with E-state index in [-0.39, 0.29) is 21.9 Å². The fraction of sp³-hybridized carbons (Fsp3) is 0.0435. The zero-order valence-electron chi connectivity index (χ0n) is 17.7. The number of aromatic nitrogens is 2. The van der Waals surface area contributed by atoms with Crippen molar-refractivity contribution in [3.63, 3.8) is 0 Å². The van der Waals surface area contributed by atoms with Crippen molar-refractivity contribution in [2.45, 2.75) is 0 Å². The van der Waals surface area contributed by atoms with Crippen LogP contribution in [0.3, 0.4) is 0 Å². The van der Waals surface area contributed by atoms with Crippen LogP contribution in [0.2, 0.25) is 0 Å². The maximum absolute atomic E-state index is 13.1. The molecule has 0 saturated carbocycles. The first kappa shape index (κ1) is 21.4. The quantitative estimate of drug-likeness (QED) is 0.313. The number of hydrogen-bond donors (Lipinski definition) is 3. The summed E-state index contributed by atoms with van der Waals surface area (Å²) in [5.41, 5.74) is 14.7. The minimum Gasteiger partial charge on any atom is -0.497 e. The van der Waals surface area contributed by atoms with E-state index in [1.165, 1.54) is 17.6 Å². The summed E-state index contributed by atoms with van der Waals surface area (Å²) in [5.74, 6) is 0.729. The molecule has 0 saturated heterocycles. The number of furan rings is 1. The monoisotopic (exact) mass is 488 g/mol. The molecule has 5 rings (SSSR count). The Hall–Kier alpha value is -4.40. The highest BCUT2D eigenvalue weighted by Gasteiger charge is 2.25. The second-order valence-electron chi connectivity index (χ2n) is 7.09. The highest BCUT2D eigenvalue weighted by atomic mass is 32.1. The molecule has 9 nitrogen and oxygen atoms in total. The van der Waals surface area contributed by atoms with Gasteiger partial charge in [0, 0.05) is 16.3 Å². The molecule has 0 unspecified atom stereocenters. The third-order valence-electron chi connectivity index (χ3n) is 5.08. The predicted molar refractivity (Wildman–Crippen MR) is 133 cm³/mol. The maximum Gasteiger partial charge on any atom is 0.269 e. The lowest BCUT2D eigenvalue weighted by molar-refractivity contribution is 0.103. The van der Waals surface area contributed by atoms with Crippen molar-refractivity contribution in [3.8, 4) is 34.4 Å². The first-order valence-corrected chi connectivity index (χ1v) is 11.6. The normalized spacial score (nSPS) is 10.8. The lowest BCUT2D eigenvalue weighted by Crippen LogP contribution is -2.11. The molecule has 0 aliphatic carbocycles. The van der Waals surface area contributed by atoms with Crippen molar-refractivity contribution >= 4 is 55.4 Å². The van der Waals surface area contributed by atoms with Gasteiger partial charge in [0.05, 0.1) is 30.3 Å². The van der Waals surface area contributed by atoms with Crippen LogP contribution in [0.1, 0.15) is 15.2 Å². The number of nitrogen functional groups attached to an aromatic ring is 2. The molecule has 168 valence electrons. The molecule has 1 aromatic carbocycles. The molecule has 0 spiro atoms. The number of pyridine rings is 1. The first-order chi connectivity index (χ1) is 16.5. The minimum absolute atomic E-state index is 0.0393. The van der Waals surface area contributed by atoms with Crippen LogP contribution < -0.4 is 21.5 Å². The summed E-state index contributed by atoms with van der Waals surface area (Å²) in [6, 6.07) is 12.9. The fourth-order valence-corrected chi connectivity index (χ4v) is 5.24. The third-order valence-corrected chi connectivity index (χ3v) is 6.94. The smallest absolute Gasteiger partial charge is 0.269 e.